The van der Waals surface area contributed by atoms with Gasteiger partial charge >= 0.3 is 0 Å². The summed E-state index contributed by atoms with van der Waals surface area (Å²) in [6.07, 6.45) is 1.70. The summed E-state index contributed by atoms with van der Waals surface area (Å²) in [5.41, 5.74) is 11.8. The quantitative estimate of drug-likeness (QED) is 0.758. The van der Waals surface area contributed by atoms with E-state index in [-0.39, 0.29) is 12.5 Å². The van der Waals surface area contributed by atoms with Gasteiger partial charge in [0.15, 0.2) is 0 Å². The molecule has 0 saturated carbocycles. The predicted molar refractivity (Wildman–Crippen MR) is 65.3 cm³/mol. The number of carbonyl (C=O) groups excluding carboxylic acids is 2. The second-order valence-electron chi connectivity index (χ2n) is 3.73. The van der Waals surface area contributed by atoms with Crippen molar-refractivity contribution < 1.29 is 9.59 Å². The van der Waals surface area contributed by atoms with Crippen LogP contribution in [0.15, 0.2) is 12.3 Å². The topological polar surface area (TPSA) is 94.3 Å². The molecule has 6 heteroatoms. The Morgan fingerprint density at radius 3 is 2.53 bits per heavy atom. The lowest BCUT2D eigenvalue weighted by Crippen LogP contribution is -2.39. The average molecular weight is 238 g/mol. The van der Waals surface area contributed by atoms with Gasteiger partial charge in [0.05, 0.1) is 12.2 Å². The fourth-order valence-electron chi connectivity index (χ4n) is 1.65. The summed E-state index contributed by atoms with van der Waals surface area (Å²) in [5.74, 6) is -0.757. The van der Waals surface area contributed by atoms with Gasteiger partial charge in [0.1, 0.15) is 5.69 Å². The van der Waals surface area contributed by atoms with Crippen LogP contribution in [0.3, 0.4) is 0 Å². The Morgan fingerprint density at radius 1 is 1.41 bits per heavy atom. The summed E-state index contributed by atoms with van der Waals surface area (Å²) in [6.45, 7) is 4.71. The highest BCUT2D eigenvalue weighted by Crippen LogP contribution is 2.13. The number of nitrogen functional groups attached to an aromatic ring is 1. The smallest absolute Gasteiger partial charge is 0.271 e. The van der Waals surface area contributed by atoms with E-state index in [0.29, 0.717) is 24.5 Å². The summed E-state index contributed by atoms with van der Waals surface area (Å²) in [7, 11) is 0. The lowest BCUT2D eigenvalue weighted by atomic mass is 10.3. The van der Waals surface area contributed by atoms with Crippen LogP contribution in [0, 0.1) is 0 Å². The van der Waals surface area contributed by atoms with Crippen LogP contribution in [0.5, 0.6) is 0 Å². The number of anilines is 1. The van der Waals surface area contributed by atoms with E-state index in [9.17, 15) is 9.59 Å². The Kier molecular flexibility index (Phi) is 4.14. The van der Waals surface area contributed by atoms with Gasteiger partial charge in [0.25, 0.3) is 5.91 Å². The van der Waals surface area contributed by atoms with E-state index in [0.717, 1.165) is 0 Å². The number of likely N-dealkylation sites (N-methyl/N-ethyl adjacent to an activating group) is 1. The number of primary amides is 1. The molecule has 1 aromatic rings. The van der Waals surface area contributed by atoms with Crippen LogP contribution in [0.4, 0.5) is 5.69 Å². The van der Waals surface area contributed by atoms with Crippen molar-refractivity contribution in [3.8, 4) is 0 Å². The maximum atomic E-state index is 12.1. The lowest BCUT2D eigenvalue weighted by molar-refractivity contribution is -0.118. The average Bonchev–Trinajstić information content (AvgIpc) is 2.66. The Morgan fingerprint density at radius 2 is 2.06 bits per heavy atom. The predicted octanol–water partition coefficient (Wildman–Crippen LogP) is 0.0376. The van der Waals surface area contributed by atoms with Crippen molar-refractivity contribution in [2.45, 2.75) is 20.4 Å². The molecule has 0 saturated heterocycles. The maximum absolute atomic E-state index is 12.1. The first-order valence-corrected chi connectivity index (χ1v) is 5.52. The van der Waals surface area contributed by atoms with Gasteiger partial charge in [-0.25, -0.2) is 0 Å². The van der Waals surface area contributed by atoms with E-state index < -0.39 is 5.91 Å². The minimum atomic E-state index is -0.525. The van der Waals surface area contributed by atoms with Crippen molar-refractivity contribution in [2.24, 2.45) is 5.73 Å². The van der Waals surface area contributed by atoms with E-state index in [1.807, 2.05) is 6.92 Å². The number of nitrogens with zero attached hydrogens (tertiary/aromatic N) is 2. The normalized spacial score (nSPS) is 10.2. The van der Waals surface area contributed by atoms with Crippen LogP contribution in [-0.4, -0.2) is 34.4 Å². The molecule has 0 atom stereocenters. The molecule has 0 spiro atoms. The summed E-state index contributed by atoms with van der Waals surface area (Å²) in [4.78, 5) is 24.4. The molecule has 0 aliphatic carbocycles. The van der Waals surface area contributed by atoms with Gasteiger partial charge in [0.2, 0.25) is 5.91 Å². The van der Waals surface area contributed by atoms with Crippen molar-refractivity contribution >= 4 is 17.5 Å². The molecule has 1 aromatic heterocycles. The highest BCUT2D eigenvalue weighted by Gasteiger charge is 2.19. The molecule has 0 bridgehead atoms. The first-order chi connectivity index (χ1) is 7.99. The molecule has 94 valence electrons. The molecule has 1 heterocycles. The Balaban J connectivity index is 2.96. The lowest BCUT2D eigenvalue weighted by Gasteiger charge is -2.19. The molecular weight excluding hydrogens is 220 g/mol. The fourth-order valence-corrected chi connectivity index (χ4v) is 1.65. The number of amides is 2. The third-order valence-corrected chi connectivity index (χ3v) is 2.49. The van der Waals surface area contributed by atoms with Crippen LogP contribution < -0.4 is 11.5 Å². The van der Waals surface area contributed by atoms with E-state index in [1.165, 1.54) is 4.90 Å². The Bertz CT molecular complexity index is 425. The molecule has 4 N–H and O–H groups in total. The number of hydrogen-bond donors (Lipinski definition) is 2. The van der Waals surface area contributed by atoms with Gasteiger partial charge in [-0.05, 0) is 19.9 Å². The van der Waals surface area contributed by atoms with Crippen molar-refractivity contribution in [3.05, 3.63) is 18.0 Å². The number of aryl methyl sites for hydroxylation is 1. The zero-order valence-electron chi connectivity index (χ0n) is 10.1. The zero-order chi connectivity index (χ0) is 13.0. The van der Waals surface area contributed by atoms with Crippen molar-refractivity contribution in [1.29, 1.82) is 0 Å². The maximum Gasteiger partial charge on any atom is 0.271 e. The van der Waals surface area contributed by atoms with Gasteiger partial charge in [-0.15, -0.1) is 0 Å². The molecule has 17 heavy (non-hydrogen) atoms. The minimum Gasteiger partial charge on any atom is -0.397 e. The second-order valence-corrected chi connectivity index (χ2v) is 3.73. The molecule has 0 aliphatic rings. The highest BCUT2D eigenvalue weighted by atomic mass is 16.2. The largest absolute Gasteiger partial charge is 0.397 e. The van der Waals surface area contributed by atoms with Crippen molar-refractivity contribution in [2.75, 3.05) is 18.8 Å². The standard InChI is InChI=1S/C11H18N4O2/c1-3-14-6-8(12)5-9(14)11(17)15(4-2)7-10(13)16/h5-6H,3-4,7,12H2,1-2H3,(H2,13,16). The third-order valence-electron chi connectivity index (χ3n) is 2.49. The van der Waals surface area contributed by atoms with Crippen LogP contribution in [0.1, 0.15) is 24.3 Å². The van der Waals surface area contributed by atoms with Crippen LogP contribution in [-0.2, 0) is 11.3 Å². The van der Waals surface area contributed by atoms with Crippen molar-refractivity contribution in [3.63, 3.8) is 0 Å². The van der Waals surface area contributed by atoms with Crippen LogP contribution in [0.25, 0.3) is 0 Å². The van der Waals surface area contributed by atoms with Gasteiger partial charge in [-0.2, -0.15) is 0 Å². The molecule has 6 nitrogen and oxygen atoms in total. The van der Waals surface area contributed by atoms with Crippen LogP contribution >= 0.6 is 0 Å². The minimum absolute atomic E-state index is 0.0792. The summed E-state index contributed by atoms with van der Waals surface area (Å²) < 4.78 is 1.75. The summed E-state index contributed by atoms with van der Waals surface area (Å²) >= 11 is 0. The molecule has 0 aliphatic heterocycles. The summed E-state index contributed by atoms with van der Waals surface area (Å²) in [6, 6.07) is 1.61. The number of carbonyl (C=O) groups is 2. The summed E-state index contributed by atoms with van der Waals surface area (Å²) in [5, 5.41) is 0. The van der Waals surface area contributed by atoms with Gasteiger partial charge in [-0.3, -0.25) is 9.59 Å². The van der Waals surface area contributed by atoms with Gasteiger partial charge in [0, 0.05) is 19.3 Å². The van der Waals surface area contributed by atoms with Gasteiger partial charge in [-0.1, -0.05) is 0 Å². The van der Waals surface area contributed by atoms with Crippen LogP contribution in [0.2, 0.25) is 0 Å². The van der Waals surface area contributed by atoms with E-state index in [4.69, 9.17) is 11.5 Å². The van der Waals surface area contributed by atoms with E-state index in [2.05, 4.69) is 0 Å². The molecule has 0 radical (unpaired) electrons. The van der Waals surface area contributed by atoms with E-state index >= 15 is 0 Å². The molecular formula is C11H18N4O2. The molecule has 1 rings (SSSR count). The first-order valence-electron chi connectivity index (χ1n) is 5.52. The molecule has 0 fully saturated rings. The van der Waals surface area contributed by atoms with Gasteiger partial charge < -0.3 is 20.9 Å². The Hall–Kier alpha value is -1.98. The second kappa shape index (κ2) is 5.38. The number of aromatic nitrogens is 1. The number of nitrogens with two attached hydrogens (primary N) is 2. The monoisotopic (exact) mass is 238 g/mol. The fraction of sp³-hybridized carbons (Fsp3) is 0.455. The molecule has 2 amide bonds. The van der Waals surface area contributed by atoms with E-state index in [1.54, 1.807) is 23.8 Å². The SMILES string of the molecule is CCN(CC(N)=O)C(=O)c1cc(N)cn1CC. The third kappa shape index (κ3) is 2.99. The van der Waals surface area contributed by atoms with Crippen molar-refractivity contribution in [1.82, 2.24) is 9.47 Å². The molecule has 0 unspecified atom stereocenters. The highest BCUT2D eigenvalue weighted by molar-refractivity contribution is 5.96. The zero-order valence-corrected chi connectivity index (χ0v) is 10.1. The number of rotatable bonds is 5. The Labute approximate surface area is 100 Å². The molecule has 0 aromatic carbocycles. The number of hydrogen-bond acceptors (Lipinski definition) is 3. The first kappa shape index (κ1) is 13.1.